The first-order valence-electron chi connectivity index (χ1n) is 3.51. The van der Waals surface area contributed by atoms with Crippen molar-refractivity contribution in [2.45, 2.75) is 0 Å². The van der Waals surface area contributed by atoms with Gasteiger partial charge in [0.25, 0.3) is 0 Å². The molecule has 0 aromatic rings. The molecule has 1 atom stereocenters. The second kappa shape index (κ2) is 2.06. The van der Waals surface area contributed by atoms with E-state index in [0.717, 1.165) is 6.54 Å². The molecule has 10 heavy (non-hydrogen) atoms. The Morgan fingerprint density at radius 3 is 3.30 bits per heavy atom. The van der Waals surface area contributed by atoms with Crippen molar-refractivity contribution in [3.63, 3.8) is 0 Å². The molecule has 52 valence electrons. The number of hydrogen-bond donors (Lipinski definition) is 1. The second-order valence-electron chi connectivity index (χ2n) is 2.68. The molecule has 2 N–H and O–H groups in total. The molecule has 0 bridgehead atoms. The van der Waals surface area contributed by atoms with Crippen molar-refractivity contribution in [1.82, 2.24) is 0 Å². The van der Waals surface area contributed by atoms with Crippen LogP contribution in [-0.2, 0) is 0 Å². The van der Waals surface area contributed by atoms with E-state index in [-0.39, 0.29) is 0 Å². The van der Waals surface area contributed by atoms with E-state index in [9.17, 15) is 0 Å². The van der Waals surface area contributed by atoms with Gasteiger partial charge in [0, 0.05) is 18.7 Å². The van der Waals surface area contributed by atoms with Crippen molar-refractivity contribution >= 4 is 6.21 Å². The molecule has 1 heterocycles. The maximum Gasteiger partial charge on any atom is 0.0608 e. The Labute approximate surface area is 60.1 Å². The van der Waals surface area contributed by atoms with Gasteiger partial charge in [0.1, 0.15) is 0 Å². The fraction of sp³-hybridized carbons (Fsp3) is 0.375. The quantitative estimate of drug-likeness (QED) is 0.557. The highest BCUT2D eigenvalue weighted by Crippen LogP contribution is 2.25. The van der Waals surface area contributed by atoms with Crippen LogP contribution in [0.2, 0.25) is 0 Å². The molecule has 2 rings (SSSR count). The van der Waals surface area contributed by atoms with Crippen LogP contribution in [0.1, 0.15) is 0 Å². The van der Waals surface area contributed by atoms with E-state index in [0.29, 0.717) is 12.5 Å². The molecule has 2 nitrogen and oxygen atoms in total. The molecule has 2 heteroatoms. The highest BCUT2D eigenvalue weighted by Gasteiger charge is 2.19. The van der Waals surface area contributed by atoms with Crippen LogP contribution in [0.4, 0.5) is 0 Å². The Morgan fingerprint density at radius 1 is 1.70 bits per heavy atom. The molecule has 1 aliphatic heterocycles. The number of nitrogens with two attached hydrogens (primary N) is 1. The van der Waals surface area contributed by atoms with E-state index in [4.69, 9.17) is 5.73 Å². The van der Waals surface area contributed by atoms with Gasteiger partial charge >= 0.3 is 0 Å². The summed E-state index contributed by atoms with van der Waals surface area (Å²) in [6, 6.07) is 0. The summed E-state index contributed by atoms with van der Waals surface area (Å²) in [6.07, 6.45) is 6.35. The largest absolute Gasteiger partial charge is 0.327 e. The van der Waals surface area contributed by atoms with Gasteiger partial charge in [-0.25, -0.2) is 0 Å². The average molecular weight is 134 g/mol. The van der Waals surface area contributed by atoms with Crippen molar-refractivity contribution in [1.29, 1.82) is 0 Å². The molecule has 0 saturated heterocycles. The number of hydrogen-bond acceptors (Lipinski definition) is 2. The summed E-state index contributed by atoms with van der Waals surface area (Å²) in [4.78, 5) is 4.16. The van der Waals surface area contributed by atoms with E-state index in [1.165, 1.54) is 11.1 Å². The smallest absolute Gasteiger partial charge is 0.0608 e. The molecule has 0 radical (unpaired) electrons. The number of aliphatic imine (C=N–C) groups is 1. The molecule has 0 spiro atoms. The van der Waals surface area contributed by atoms with Crippen molar-refractivity contribution in [3.8, 4) is 0 Å². The maximum atomic E-state index is 5.48. The van der Waals surface area contributed by atoms with E-state index in [1.54, 1.807) is 0 Å². The fourth-order valence-electron chi connectivity index (χ4n) is 1.41. The van der Waals surface area contributed by atoms with Crippen LogP contribution in [0.3, 0.4) is 0 Å². The van der Waals surface area contributed by atoms with Gasteiger partial charge in [-0.3, -0.25) is 4.99 Å². The van der Waals surface area contributed by atoms with Gasteiger partial charge < -0.3 is 5.73 Å². The highest BCUT2D eigenvalue weighted by molar-refractivity contribution is 5.74. The monoisotopic (exact) mass is 134 g/mol. The van der Waals surface area contributed by atoms with Crippen LogP contribution < -0.4 is 5.73 Å². The Morgan fingerprint density at radius 2 is 2.60 bits per heavy atom. The summed E-state index contributed by atoms with van der Waals surface area (Å²) < 4.78 is 0. The summed E-state index contributed by atoms with van der Waals surface area (Å²) in [6.45, 7) is 1.54. The van der Waals surface area contributed by atoms with E-state index < -0.39 is 0 Å². The normalized spacial score (nSPS) is 28.3. The Kier molecular flexibility index (Phi) is 1.21. The predicted octanol–water partition coefficient (Wildman–Crippen LogP) is 0.512. The fourth-order valence-corrected chi connectivity index (χ4v) is 1.41. The van der Waals surface area contributed by atoms with Gasteiger partial charge in [-0.05, 0) is 11.1 Å². The zero-order valence-electron chi connectivity index (χ0n) is 5.75. The summed E-state index contributed by atoms with van der Waals surface area (Å²) in [5.74, 6) is 0.485. The number of fused-ring (bicyclic) bond motifs is 1. The molecule has 0 amide bonds. The first-order chi connectivity index (χ1) is 4.90. The van der Waals surface area contributed by atoms with Gasteiger partial charge in [0.05, 0.1) is 6.54 Å². The van der Waals surface area contributed by atoms with Crippen molar-refractivity contribution in [3.05, 3.63) is 23.3 Å². The molecule has 0 saturated carbocycles. The third kappa shape index (κ3) is 0.727. The minimum atomic E-state index is 0.485. The van der Waals surface area contributed by atoms with Gasteiger partial charge in [-0.2, -0.15) is 0 Å². The molecule has 0 unspecified atom stereocenters. The van der Waals surface area contributed by atoms with Crippen LogP contribution >= 0.6 is 0 Å². The lowest BCUT2D eigenvalue weighted by atomic mass is 10.1. The zero-order chi connectivity index (χ0) is 6.97. The SMILES string of the molecule is NCC1=C[C@H]2C=NCC2=C1. The predicted molar refractivity (Wildman–Crippen MR) is 42.1 cm³/mol. The first-order valence-corrected chi connectivity index (χ1v) is 3.51. The summed E-state index contributed by atoms with van der Waals surface area (Å²) in [7, 11) is 0. The molecule has 2 aliphatic rings. The van der Waals surface area contributed by atoms with Crippen LogP contribution in [-0.4, -0.2) is 19.3 Å². The standard InChI is InChI=1S/C8H10N2/c9-3-6-1-7-4-10-5-8(7)2-6/h1-2,4,7H,3,5,9H2/t7-/m0/s1. The molecule has 1 aliphatic carbocycles. The third-order valence-electron chi connectivity index (χ3n) is 1.97. The molecular formula is C8H10N2. The summed E-state index contributed by atoms with van der Waals surface area (Å²) in [5, 5.41) is 0. The number of rotatable bonds is 1. The second-order valence-corrected chi connectivity index (χ2v) is 2.68. The first kappa shape index (κ1) is 5.86. The highest BCUT2D eigenvalue weighted by atomic mass is 14.8. The summed E-state index contributed by atoms with van der Waals surface area (Å²) in [5.41, 5.74) is 8.14. The number of nitrogens with zero attached hydrogens (tertiary/aromatic N) is 1. The lowest BCUT2D eigenvalue weighted by Crippen LogP contribution is -1.99. The van der Waals surface area contributed by atoms with Crippen molar-refractivity contribution in [2.24, 2.45) is 16.6 Å². The van der Waals surface area contributed by atoms with Gasteiger partial charge in [-0.15, -0.1) is 0 Å². The molecular weight excluding hydrogens is 124 g/mol. The van der Waals surface area contributed by atoms with Crippen LogP contribution in [0.5, 0.6) is 0 Å². The molecule has 0 aromatic heterocycles. The summed E-state index contributed by atoms with van der Waals surface area (Å²) >= 11 is 0. The van der Waals surface area contributed by atoms with Crippen LogP contribution in [0.25, 0.3) is 0 Å². The lowest BCUT2D eigenvalue weighted by molar-refractivity contribution is 1.07. The zero-order valence-corrected chi connectivity index (χ0v) is 5.75. The van der Waals surface area contributed by atoms with Crippen molar-refractivity contribution in [2.75, 3.05) is 13.1 Å². The van der Waals surface area contributed by atoms with Crippen LogP contribution in [0.15, 0.2) is 28.3 Å². The lowest BCUT2D eigenvalue weighted by Gasteiger charge is -1.93. The van der Waals surface area contributed by atoms with Crippen molar-refractivity contribution < 1.29 is 0 Å². The number of allylic oxidation sites excluding steroid dienone is 1. The van der Waals surface area contributed by atoms with E-state index >= 15 is 0 Å². The average Bonchev–Trinajstić information content (AvgIpc) is 2.42. The van der Waals surface area contributed by atoms with Gasteiger partial charge in [-0.1, -0.05) is 12.2 Å². The van der Waals surface area contributed by atoms with E-state index in [1.807, 2.05) is 6.21 Å². The topological polar surface area (TPSA) is 38.4 Å². The van der Waals surface area contributed by atoms with Crippen LogP contribution in [0, 0.1) is 5.92 Å². The van der Waals surface area contributed by atoms with Gasteiger partial charge in [0.2, 0.25) is 0 Å². The van der Waals surface area contributed by atoms with E-state index in [2.05, 4.69) is 17.1 Å². The molecule has 0 aromatic carbocycles. The Hall–Kier alpha value is -0.890. The Bertz CT molecular complexity index is 236. The maximum absolute atomic E-state index is 5.48. The minimum absolute atomic E-state index is 0.485. The van der Waals surface area contributed by atoms with Gasteiger partial charge in [0.15, 0.2) is 0 Å². The third-order valence-corrected chi connectivity index (χ3v) is 1.97. The Balaban J connectivity index is 2.26. The molecule has 0 fully saturated rings. The minimum Gasteiger partial charge on any atom is -0.327 e.